The fraction of sp³-hybridized carbons (Fsp3) is 0.333. The average molecular weight is 229 g/mol. The first-order valence-electron chi connectivity index (χ1n) is 5.97. The van der Waals surface area contributed by atoms with Gasteiger partial charge in [-0.3, -0.25) is 0 Å². The lowest BCUT2D eigenvalue weighted by atomic mass is 10.1. The lowest BCUT2D eigenvalue weighted by molar-refractivity contribution is 0.190. The SMILES string of the molecule is Cc1ccc(Cn2cccc2C(C)O)cc1C. The van der Waals surface area contributed by atoms with Gasteiger partial charge in [0, 0.05) is 18.4 Å². The minimum atomic E-state index is -0.420. The van der Waals surface area contributed by atoms with Crippen molar-refractivity contribution in [1.82, 2.24) is 4.57 Å². The first-order chi connectivity index (χ1) is 8.08. The summed E-state index contributed by atoms with van der Waals surface area (Å²) in [4.78, 5) is 0. The Hall–Kier alpha value is -1.54. The molecule has 90 valence electrons. The maximum Gasteiger partial charge on any atom is 0.0911 e. The molecule has 1 unspecified atom stereocenters. The van der Waals surface area contributed by atoms with Crippen LogP contribution < -0.4 is 0 Å². The number of nitrogens with zero attached hydrogens (tertiary/aromatic N) is 1. The van der Waals surface area contributed by atoms with Gasteiger partial charge in [0.25, 0.3) is 0 Å². The first kappa shape index (κ1) is 11.9. The van der Waals surface area contributed by atoms with Crippen LogP contribution in [0.4, 0.5) is 0 Å². The second kappa shape index (κ2) is 4.76. The lowest BCUT2D eigenvalue weighted by Crippen LogP contribution is -2.06. The molecule has 0 spiro atoms. The zero-order valence-electron chi connectivity index (χ0n) is 10.6. The van der Waals surface area contributed by atoms with Crippen molar-refractivity contribution < 1.29 is 5.11 Å². The van der Waals surface area contributed by atoms with E-state index in [9.17, 15) is 5.11 Å². The van der Waals surface area contributed by atoms with Crippen molar-refractivity contribution in [1.29, 1.82) is 0 Å². The Morgan fingerprint density at radius 1 is 1.18 bits per heavy atom. The topological polar surface area (TPSA) is 25.2 Å². The Morgan fingerprint density at radius 3 is 2.59 bits per heavy atom. The monoisotopic (exact) mass is 229 g/mol. The number of hydrogen-bond donors (Lipinski definition) is 1. The van der Waals surface area contributed by atoms with Gasteiger partial charge in [-0.1, -0.05) is 18.2 Å². The first-order valence-corrected chi connectivity index (χ1v) is 5.97. The summed E-state index contributed by atoms with van der Waals surface area (Å²) in [5.74, 6) is 0. The Bertz CT molecular complexity index is 511. The molecular weight excluding hydrogens is 210 g/mol. The molecule has 0 fully saturated rings. The van der Waals surface area contributed by atoms with Crippen LogP contribution in [0.15, 0.2) is 36.5 Å². The van der Waals surface area contributed by atoms with Gasteiger partial charge in [-0.05, 0) is 49.6 Å². The van der Waals surface area contributed by atoms with E-state index < -0.39 is 6.10 Å². The van der Waals surface area contributed by atoms with Crippen LogP contribution in [0.3, 0.4) is 0 Å². The molecule has 1 aromatic heterocycles. The van der Waals surface area contributed by atoms with Gasteiger partial charge in [-0.25, -0.2) is 0 Å². The normalized spacial score (nSPS) is 12.7. The molecule has 2 rings (SSSR count). The zero-order chi connectivity index (χ0) is 12.4. The number of aliphatic hydroxyl groups excluding tert-OH is 1. The minimum Gasteiger partial charge on any atom is -0.387 e. The highest BCUT2D eigenvalue weighted by molar-refractivity contribution is 5.30. The molecule has 1 atom stereocenters. The summed E-state index contributed by atoms with van der Waals surface area (Å²) < 4.78 is 2.09. The number of aliphatic hydroxyl groups is 1. The fourth-order valence-corrected chi connectivity index (χ4v) is 2.05. The Balaban J connectivity index is 2.25. The molecule has 2 nitrogen and oxygen atoms in total. The maximum absolute atomic E-state index is 9.65. The van der Waals surface area contributed by atoms with Crippen LogP contribution in [0.1, 0.15) is 35.4 Å². The third-order valence-electron chi connectivity index (χ3n) is 3.22. The van der Waals surface area contributed by atoms with Crippen LogP contribution in [0.2, 0.25) is 0 Å². The molecule has 0 radical (unpaired) electrons. The summed E-state index contributed by atoms with van der Waals surface area (Å²) in [5, 5.41) is 9.65. The van der Waals surface area contributed by atoms with Crippen molar-refractivity contribution in [2.45, 2.75) is 33.4 Å². The molecule has 1 N–H and O–H groups in total. The molecule has 2 heteroatoms. The van der Waals surface area contributed by atoms with Crippen LogP contribution in [0.25, 0.3) is 0 Å². The number of benzene rings is 1. The number of hydrogen-bond acceptors (Lipinski definition) is 1. The number of aryl methyl sites for hydroxylation is 2. The molecule has 0 saturated heterocycles. The summed E-state index contributed by atoms with van der Waals surface area (Å²) >= 11 is 0. The third-order valence-corrected chi connectivity index (χ3v) is 3.22. The Kier molecular flexibility index (Phi) is 3.34. The maximum atomic E-state index is 9.65. The standard InChI is InChI=1S/C15H19NO/c1-11-6-7-14(9-12(11)2)10-16-8-4-5-15(16)13(3)17/h4-9,13,17H,10H2,1-3H3. The molecule has 17 heavy (non-hydrogen) atoms. The molecule has 0 aliphatic rings. The smallest absolute Gasteiger partial charge is 0.0911 e. The summed E-state index contributed by atoms with van der Waals surface area (Å²) in [6.07, 6.45) is 1.59. The molecule has 1 aromatic carbocycles. The molecule has 1 heterocycles. The Morgan fingerprint density at radius 2 is 1.94 bits per heavy atom. The Labute approximate surface area is 103 Å². The van der Waals surface area contributed by atoms with Crippen LogP contribution in [-0.4, -0.2) is 9.67 Å². The highest BCUT2D eigenvalue weighted by Gasteiger charge is 2.07. The van der Waals surface area contributed by atoms with E-state index in [2.05, 4.69) is 36.6 Å². The quantitative estimate of drug-likeness (QED) is 0.859. The predicted octanol–water partition coefficient (Wildman–Crippen LogP) is 3.21. The van der Waals surface area contributed by atoms with Crippen molar-refractivity contribution in [3.05, 3.63) is 58.9 Å². The number of rotatable bonds is 3. The third kappa shape index (κ3) is 2.59. The zero-order valence-corrected chi connectivity index (χ0v) is 10.6. The van der Waals surface area contributed by atoms with E-state index in [1.54, 1.807) is 6.92 Å². The van der Waals surface area contributed by atoms with Gasteiger partial charge >= 0.3 is 0 Å². The van der Waals surface area contributed by atoms with Crippen LogP contribution in [0.5, 0.6) is 0 Å². The van der Waals surface area contributed by atoms with Crippen molar-refractivity contribution in [2.24, 2.45) is 0 Å². The van der Waals surface area contributed by atoms with Crippen molar-refractivity contribution in [2.75, 3.05) is 0 Å². The van der Waals surface area contributed by atoms with Gasteiger partial charge in [-0.15, -0.1) is 0 Å². The molecule has 0 saturated carbocycles. The van der Waals surface area contributed by atoms with E-state index in [-0.39, 0.29) is 0 Å². The fourth-order valence-electron chi connectivity index (χ4n) is 2.05. The largest absolute Gasteiger partial charge is 0.387 e. The van der Waals surface area contributed by atoms with Gasteiger partial charge in [0.05, 0.1) is 6.10 Å². The molecule has 0 bridgehead atoms. The molecule has 2 aromatic rings. The average Bonchev–Trinajstić information content (AvgIpc) is 2.72. The molecular formula is C15H19NO. The summed E-state index contributed by atoms with van der Waals surface area (Å²) in [6, 6.07) is 10.4. The van der Waals surface area contributed by atoms with Crippen molar-refractivity contribution in [3.8, 4) is 0 Å². The van der Waals surface area contributed by atoms with Gasteiger partial charge < -0.3 is 9.67 Å². The van der Waals surface area contributed by atoms with Gasteiger partial charge in [-0.2, -0.15) is 0 Å². The van der Waals surface area contributed by atoms with E-state index >= 15 is 0 Å². The van der Waals surface area contributed by atoms with E-state index in [0.29, 0.717) is 0 Å². The van der Waals surface area contributed by atoms with Crippen molar-refractivity contribution >= 4 is 0 Å². The van der Waals surface area contributed by atoms with E-state index in [1.807, 2.05) is 18.3 Å². The van der Waals surface area contributed by atoms with Crippen LogP contribution in [-0.2, 0) is 6.54 Å². The molecule has 0 amide bonds. The van der Waals surface area contributed by atoms with Crippen LogP contribution >= 0.6 is 0 Å². The van der Waals surface area contributed by atoms with E-state index in [4.69, 9.17) is 0 Å². The summed E-state index contributed by atoms with van der Waals surface area (Å²) in [6.45, 7) is 6.86. The molecule has 0 aliphatic heterocycles. The second-order valence-corrected chi connectivity index (χ2v) is 4.66. The van der Waals surface area contributed by atoms with E-state index in [1.165, 1.54) is 16.7 Å². The number of aromatic nitrogens is 1. The molecule has 0 aliphatic carbocycles. The highest BCUT2D eigenvalue weighted by Crippen LogP contribution is 2.16. The highest BCUT2D eigenvalue weighted by atomic mass is 16.3. The van der Waals surface area contributed by atoms with Crippen LogP contribution in [0, 0.1) is 13.8 Å². The lowest BCUT2D eigenvalue weighted by Gasteiger charge is -2.12. The van der Waals surface area contributed by atoms with Gasteiger partial charge in [0.2, 0.25) is 0 Å². The van der Waals surface area contributed by atoms with E-state index in [0.717, 1.165) is 12.2 Å². The predicted molar refractivity (Wildman–Crippen MR) is 70.1 cm³/mol. The second-order valence-electron chi connectivity index (χ2n) is 4.66. The van der Waals surface area contributed by atoms with Crippen molar-refractivity contribution in [3.63, 3.8) is 0 Å². The van der Waals surface area contributed by atoms with Gasteiger partial charge in [0.15, 0.2) is 0 Å². The summed E-state index contributed by atoms with van der Waals surface area (Å²) in [7, 11) is 0. The van der Waals surface area contributed by atoms with Gasteiger partial charge in [0.1, 0.15) is 0 Å². The summed E-state index contributed by atoms with van der Waals surface area (Å²) in [5.41, 5.74) is 4.86. The minimum absolute atomic E-state index is 0.420.